The van der Waals surface area contributed by atoms with Crippen LogP contribution in [0.3, 0.4) is 0 Å². The molecule has 0 saturated heterocycles. The SMILES string of the molecule is CC(=O)Nc1ccc(NC(=O)/C=C/c2ccc(C3CC3C)o2)cc1. The second-order valence-corrected chi connectivity index (χ2v) is 6.14. The van der Waals surface area contributed by atoms with Crippen molar-refractivity contribution in [1.82, 2.24) is 0 Å². The first-order valence-corrected chi connectivity index (χ1v) is 7.98. The molecule has 2 atom stereocenters. The summed E-state index contributed by atoms with van der Waals surface area (Å²) in [6, 6.07) is 10.8. The van der Waals surface area contributed by atoms with Crippen molar-refractivity contribution in [1.29, 1.82) is 0 Å². The second-order valence-electron chi connectivity index (χ2n) is 6.14. The van der Waals surface area contributed by atoms with Gasteiger partial charge in [0.1, 0.15) is 11.5 Å². The number of carbonyl (C=O) groups is 2. The summed E-state index contributed by atoms with van der Waals surface area (Å²) in [7, 11) is 0. The Balaban J connectivity index is 1.55. The van der Waals surface area contributed by atoms with Crippen molar-refractivity contribution in [2.24, 2.45) is 5.92 Å². The number of rotatable bonds is 5. The van der Waals surface area contributed by atoms with Gasteiger partial charge in [-0.3, -0.25) is 9.59 Å². The van der Waals surface area contributed by atoms with E-state index in [0.29, 0.717) is 29.0 Å². The molecule has 0 bridgehead atoms. The molecule has 0 radical (unpaired) electrons. The number of hydrogen-bond acceptors (Lipinski definition) is 3. The van der Waals surface area contributed by atoms with Crippen LogP contribution in [0.1, 0.15) is 37.7 Å². The molecule has 1 saturated carbocycles. The maximum atomic E-state index is 11.9. The van der Waals surface area contributed by atoms with Crippen LogP contribution >= 0.6 is 0 Å². The third-order valence-corrected chi connectivity index (χ3v) is 3.99. The van der Waals surface area contributed by atoms with Gasteiger partial charge in [-0.1, -0.05) is 6.92 Å². The molecular weight excluding hydrogens is 304 g/mol. The third-order valence-electron chi connectivity index (χ3n) is 3.99. The molecule has 1 aliphatic carbocycles. The second kappa shape index (κ2) is 6.74. The van der Waals surface area contributed by atoms with Gasteiger partial charge in [0.05, 0.1) is 0 Å². The molecule has 2 amide bonds. The summed E-state index contributed by atoms with van der Waals surface area (Å²) < 4.78 is 5.72. The van der Waals surface area contributed by atoms with Crippen LogP contribution in [0, 0.1) is 5.92 Å². The predicted octanol–water partition coefficient (Wildman–Crippen LogP) is 4.01. The number of furan rings is 1. The molecule has 2 unspecified atom stereocenters. The zero-order chi connectivity index (χ0) is 17.1. The standard InChI is InChI=1S/C19H20N2O3/c1-12-11-17(12)18-9-7-16(24-18)8-10-19(23)21-15-5-3-14(4-6-15)20-13(2)22/h3-10,12,17H,11H2,1-2H3,(H,20,22)(H,21,23)/b10-8+. The van der Waals surface area contributed by atoms with E-state index in [1.54, 1.807) is 30.3 Å². The monoisotopic (exact) mass is 324 g/mol. The van der Waals surface area contributed by atoms with E-state index in [-0.39, 0.29) is 11.8 Å². The van der Waals surface area contributed by atoms with Crippen LogP contribution in [-0.2, 0) is 9.59 Å². The van der Waals surface area contributed by atoms with E-state index < -0.39 is 0 Å². The minimum Gasteiger partial charge on any atom is -0.461 e. The fraction of sp³-hybridized carbons (Fsp3) is 0.263. The summed E-state index contributed by atoms with van der Waals surface area (Å²) in [5.74, 6) is 2.53. The van der Waals surface area contributed by atoms with Crippen molar-refractivity contribution in [2.75, 3.05) is 10.6 Å². The van der Waals surface area contributed by atoms with Crippen molar-refractivity contribution in [3.8, 4) is 0 Å². The van der Waals surface area contributed by atoms with E-state index in [2.05, 4.69) is 17.6 Å². The molecule has 1 heterocycles. The van der Waals surface area contributed by atoms with Crippen LogP contribution in [0.5, 0.6) is 0 Å². The van der Waals surface area contributed by atoms with E-state index >= 15 is 0 Å². The summed E-state index contributed by atoms with van der Waals surface area (Å²) in [4.78, 5) is 22.9. The first-order chi connectivity index (χ1) is 11.5. The maximum Gasteiger partial charge on any atom is 0.248 e. The van der Waals surface area contributed by atoms with Crippen molar-refractivity contribution in [3.63, 3.8) is 0 Å². The van der Waals surface area contributed by atoms with E-state index in [0.717, 1.165) is 5.76 Å². The van der Waals surface area contributed by atoms with Gasteiger partial charge in [0.2, 0.25) is 11.8 Å². The minimum atomic E-state index is -0.236. The van der Waals surface area contributed by atoms with Crippen molar-refractivity contribution in [3.05, 3.63) is 54.0 Å². The molecule has 24 heavy (non-hydrogen) atoms. The number of carbonyl (C=O) groups excluding carboxylic acids is 2. The smallest absolute Gasteiger partial charge is 0.248 e. The summed E-state index contributed by atoms with van der Waals surface area (Å²) in [5, 5.41) is 5.44. The lowest BCUT2D eigenvalue weighted by Crippen LogP contribution is -2.08. The Morgan fingerprint density at radius 3 is 2.29 bits per heavy atom. The molecule has 1 fully saturated rings. The molecule has 1 aromatic heterocycles. The minimum absolute atomic E-state index is 0.131. The van der Waals surface area contributed by atoms with Gasteiger partial charge in [0, 0.05) is 30.3 Å². The van der Waals surface area contributed by atoms with Crippen molar-refractivity contribution in [2.45, 2.75) is 26.2 Å². The number of hydrogen-bond donors (Lipinski definition) is 2. The first-order valence-electron chi connectivity index (χ1n) is 7.98. The Hall–Kier alpha value is -2.82. The Morgan fingerprint density at radius 1 is 1.08 bits per heavy atom. The summed E-state index contributed by atoms with van der Waals surface area (Å²) in [6.45, 7) is 3.65. The zero-order valence-corrected chi connectivity index (χ0v) is 13.7. The van der Waals surface area contributed by atoms with Crippen LogP contribution in [0.4, 0.5) is 11.4 Å². The van der Waals surface area contributed by atoms with Gasteiger partial charge in [-0.05, 0) is 54.8 Å². The zero-order valence-electron chi connectivity index (χ0n) is 13.7. The average molecular weight is 324 g/mol. The number of anilines is 2. The highest BCUT2D eigenvalue weighted by Gasteiger charge is 2.36. The van der Waals surface area contributed by atoms with E-state index in [9.17, 15) is 9.59 Å². The molecule has 1 aliphatic rings. The predicted molar refractivity (Wildman–Crippen MR) is 93.6 cm³/mol. The fourth-order valence-corrected chi connectivity index (χ4v) is 2.56. The van der Waals surface area contributed by atoms with Crippen LogP contribution in [0.25, 0.3) is 6.08 Å². The van der Waals surface area contributed by atoms with Crippen LogP contribution in [0.2, 0.25) is 0 Å². The van der Waals surface area contributed by atoms with Gasteiger partial charge >= 0.3 is 0 Å². The third kappa shape index (κ3) is 4.13. The molecule has 5 heteroatoms. The van der Waals surface area contributed by atoms with Gasteiger partial charge < -0.3 is 15.1 Å². The Labute approximate surface area is 140 Å². The van der Waals surface area contributed by atoms with Gasteiger partial charge in [-0.2, -0.15) is 0 Å². The number of nitrogens with one attached hydrogen (secondary N) is 2. The Morgan fingerprint density at radius 2 is 1.71 bits per heavy atom. The highest BCUT2D eigenvalue weighted by Crippen LogP contribution is 2.47. The normalized spacial score (nSPS) is 19.2. The maximum absolute atomic E-state index is 11.9. The topological polar surface area (TPSA) is 71.3 Å². The fourth-order valence-electron chi connectivity index (χ4n) is 2.56. The van der Waals surface area contributed by atoms with Crippen molar-refractivity contribution >= 4 is 29.3 Å². The quantitative estimate of drug-likeness (QED) is 0.816. The average Bonchev–Trinajstić information content (AvgIpc) is 3.08. The van der Waals surface area contributed by atoms with Gasteiger partial charge in [0.25, 0.3) is 0 Å². The summed E-state index contributed by atoms with van der Waals surface area (Å²) in [6.07, 6.45) is 4.28. The highest BCUT2D eigenvalue weighted by atomic mass is 16.3. The highest BCUT2D eigenvalue weighted by molar-refractivity contribution is 6.01. The lowest BCUT2D eigenvalue weighted by atomic mass is 10.2. The lowest BCUT2D eigenvalue weighted by molar-refractivity contribution is -0.114. The van der Waals surface area contributed by atoms with E-state index in [4.69, 9.17) is 4.42 Å². The molecule has 1 aromatic carbocycles. The van der Waals surface area contributed by atoms with E-state index in [1.807, 2.05) is 12.1 Å². The number of amides is 2. The molecule has 0 aliphatic heterocycles. The number of benzene rings is 1. The summed E-state index contributed by atoms with van der Waals surface area (Å²) in [5.41, 5.74) is 1.35. The molecule has 2 aromatic rings. The molecular formula is C19H20N2O3. The van der Waals surface area contributed by atoms with Gasteiger partial charge in [-0.25, -0.2) is 0 Å². The van der Waals surface area contributed by atoms with Gasteiger partial charge in [0.15, 0.2) is 0 Å². The molecule has 5 nitrogen and oxygen atoms in total. The van der Waals surface area contributed by atoms with Crippen LogP contribution in [0.15, 0.2) is 46.9 Å². The molecule has 0 spiro atoms. The Bertz CT molecular complexity index is 774. The van der Waals surface area contributed by atoms with Crippen molar-refractivity contribution < 1.29 is 14.0 Å². The first kappa shape index (κ1) is 16.1. The molecule has 3 rings (SSSR count). The lowest BCUT2D eigenvalue weighted by Gasteiger charge is -2.04. The molecule has 124 valence electrons. The van der Waals surface area contributed by atoms with Crippen LogP contribution < -0.4 is 10.6 Å². The summed E-state index contributed by atoms with van der Waals surface area (Å²) >= 11 is 0. The van der Waals surface area contributed by atoms with E-state index in [1.165, 1.54) is 19.4 Å². The van der Waals surface area contributed by atoms with Gasteiger partial charge in [-0.15, -0.1) is 0 Å². The molecule has 2 N–H and O–H groups in total. The van der Waals surface area contributed by atoms with Crippen LogP contribution in [-0.4, -0.2) is 11.8 Å². The largest absolute Gasteiger partial charge is 0.461 e. The Kier molecular flexibility index (Phi) is 4.51.